The number of piperazine rings is 1. The lowest BCUT2D eigenvalue weighted by atomic mass is 9.95. The van der Waals surface area contributed by atoms with E-state index in [0.717, 1.165) is 26.2 Å². The van der Waals surface area contributed by atoms with E-state index in [2.05, 4.69) is 16.8 Å². The van der Waals surface area contributed by atoms with Crippen molar-refractivity contribution in [3.05, 3.63) is 0 Å². The summed E-state index contributed by atoms with van der Waals surface area (Å²) in [6, 6.07) is 0. The van der Waals surface area contributed by atoms with Gasteiger partial charge in [-0.1, -0.05) is 0 Å². The Balaban J connectivity index is 0.00000128. The Bertz CT molecular complexity index is 252. The first-order valence-electron chi connectivity index (χ1n) is 5.40. The van der Waals surface area contributed by atoms with Crippen LogP contribution in [-0.4, -0.2) is 72.9 Å². The van der Waals surface area contributed by atoms with Crippen LogP contribution >= 0.6 is 24.8 Å². The van der Waals surface area contributed by atoms with Gasteiger partial charge >= 0.3 is 5.97 Å². The Morgan fingerprint density at radius 3 is 2.24 bits per heavy atom. The highest BCUT2D eigenvalue weighted by atomic mass is 35.5. The second kappa shape index (κ2) is 6.75. The van der Waals surface area contributed by atoms with Crippen molar-refractivity contribution in [2.45, 2.75) is 12.0 Å². The van der Waals surface area contributed by atoms with E-state index in [9.17, 15) is 9.90 Å². The predicted molar refractivity (Wildman–Crippen MR) is 69.4 cm³/mol. The summed E-state index contributed by atoms with van der Waals surface area (Å²) in [4.78, 5) is 15.7. The van der Waals surface area contributed by atoms with Gasteiger partial charge < -0.3 is 14.7 Å². The van der Waals surface area contributed by atoms with Crippen LogP contribution < -0.4 is 0 Å². The third kappa shape index (κ3) is 3.23. The number of rotatable bonds is 2. The fraction of sp³-hybridized carbons (Fsp3) is 0.900. The molecule has 0 amide bonds. The molecule has 17 heavy (non-hydrogen) atoms. The van der Waals surface area contributed by atoms with Crippen molar-refractivity contribution in [3.63, 3.8) is 0 Å². The highest BCUT2D eigenvalue weighted by Crippen LogP contribution is 2.27. The minimum atomic E-state index is -0.749. The third-order valence-corrected chi connectivity index (χ3v) is 3.51. The Labute approximate surface area is 114 Å². The molecular formula is C10H20Cl2N2O3. The fourth-order valence-electron chi connectivity index (χ4n) is 2.34. The molecule has 0 aromatic rings. The third-order valence-electron chi connectivity index (χ3n) is 3.51. The van der Waals surface area contributed by atoms with Gasteiger partial charge in [-0.05, 0) is 7.05 Å². The summed E-state index contributed by atoms with van der Waals surface area (Å²) < 4.78 is 5.27. The molecule has 0 saturated carbocycles. The Morgan fingerprint density at radius 1 is 1.24 bits per heavy atom. The zero-order valence-electron chi connectivity index (χ0n) is 9.92. The van der Waals surface area contributed by atoms with Gasteiger partial charge in [-0.15, -0.1) is 24.8 Å². The van der Waals surface area contributed by atoms with Gasteiger partial charge in [0.05, 0.1) is 6.61 Å². The largest absolute Gasteiger partial charge is 0.480 e. The van der Waals surface area contributed by atoms with Gasteiger partial charge in [0.15, 0.2) is 0 Å². The van der Waals surface area contributed by atoms with Crippen LogP contribution in [0.3, 0.4) is 0 Å². The van der Waals surface area contributed by atoms with E-state index < -0.39 is 11.5 Å². The van der Waals surface area contributed by atoms with Crippen LogP contribution in [0.5, 0.6) is 0 Å². The molecule has 2 aliphatic rings. The minimum absolute atomic E-state index is 0. The summed E-state index contributed by atoms with van der Waals surface area (Å²) in [6.07, 6.45) is 0.617. The average Bonchev–Trinajstić information content (AvgIpc) is 2.69. The standard InChI is InChI=1S/C10H18N2O3.2ClH/c1-11-3-5-12(6-4-11)10(9(13)14)2-7-15-8-10;;/h2-8H2,1H3,(H,13,14);2*1H. The lowest BCUT2D eigenvalue weighted by Crippen LogP contribution is -2.60. The maximum atomic E-state index is 11.4. The molecule has 1 N–H and O–H groups in total. The van der Waals surface area contributed by atoms with Crippen LogP contribution in [0, 0.1) is 0 Å². The van der Waals surface area contributed by atoms with Crippen molar-refractivity contribution < 1.29 is 14.6 Å². The molecule has 2 rings (SSSR count). The van der Waals surface area contributed by atoms with E-state index in [4.69, 9.17) is 4.74 Å². The number of nitrogens with zero attached hydrogens (tertiary/aromatic N) is 2. The molecule has 2 aliphatic heterocycles. The molecule has 0 spiro atoms. The van der Waals surface area contributed by atoms with Gasteiger partial charge in [0, 0.05) is 39.2 Å². The normalized spacial score (nSPS) is 30.4. The first-order chi connectivity index (χ1) is 7.15. The van der Waals surface area contributed by atoms with Crippen LogP contribution in [-0.2, 0) is 9.53 Å². The molecule has 2 saturated heterocycles. The molecule has 0 aromatic carbocycles. The number of carboxylic acids is 1. The van der Waals surface area contributed by atoms with Crippen LogP contribution in [0.25, 0.3) is 0 Å². The Morgan fingerprint density at radius 2 is 1.82 bits per heavy atom. The van der Waals surface area contributed by atoms with E-state index in [-0.39, 0.29) is 24.8 Å². The maximum absolute atomic E-state index is 11.4. The molecule has 5 nitrogen and oxygen atoms in total. The van der Waals surface area contributed by atoms with E-state index >= 15 is 0 Å². The number of ether oxygens (including phenoxy) is 1. The second-order valence-electron chi connectivity index (χ2n) is 4.43. The van der Waals surface area contributed by atoms with E-state index in [1.807, 2.05) is 0 Å². The first kappa shape index (κ1) is 16.9. The van der Waals surface area contributed by atoms with E-state index in [0.29, 0.717) is 19.6 Å². The molecule has 1 unspecified atom stereocenters. The number of carboxylic acid groups (broad SMARTS) is 1. The number of aliphatic carboxylic acids is 1. The van der Waals surface area contributed by atoms with Crippen molar-refractivity contribution in [3.8, 4) is 0 Å². The molecule has 0 aromatic heterocycles. The number of hydrogen-bond donors (Lipinski definition) is 1. The Hall–Kier alpha value is -0.0700. The minimum Gasteiger partial charge on any atom is -0.480 e. The number of likely N-dealkylation sites (N-methyl/N-ethyl adjacent to an activating group) is 1. The molecular weight excluding hydrogens is 267 g/mol. The summed E-state index contributed by atoms with van der Waals surface area (Å²) in [5.74, 6) is -0.732. The van der Waals surface area contributed by atoms with Gasteiger partial charge in [-0.2, -0.15) is 0 Å². The SMILES string of the molecule is CN1CCN(C2(C(=O)O)CCOC2)CC1.Cl.Cl. The van der Waals surface area contributed by atoms with Gasteiger partial charge in [0.1, 0.15) is 5.54 Å². The molecule has 102 valence electrons. The van der Waals surface area contributed by atoms with E-state index in [1.165, 1.54) is 0 Å². The number of carbonyl (C=O) groups is 1. The highest BCUT2D eigenvalue weighted by molar-refractivity contribution is 5.85. The molecule has 7 heteroatoms. The van der Waals surface area contributed by atoms with Crippen molar-refractivity contribution in [1.29, 1.82) is 0 Å². The molecule has 0 bridgehead atoms. The predicted octanol–water partition coefficient (Wildman–Crippen LogP) is 0.321. The topological polar surface area (TPSA) is 53.0 Å². The van der Waals surface area contributed by atoms with Crippen molar-refractivity contribution in [2.75, 3.05) is 46.4 Å². The molecule has 0 aliphatic carbocycles. The summed E-state index contributed by atoms with van der Waals surface area (Å²) in [6.45, 7) is 4.44. The Kier molecular flexibility index (Phi) is 6.73. The van der Waals surface area contributed by atoms with E-state index in [1.54, 1.807) is 0 Å². The highest BCUT2D eigenvalue weighted by Gasteiger charge is 2.48. The van der Waals surface area contributed by atoms with Crippen LogP contribution in [0.2, 0.25) is 0 Å². The summed E-state index contributed by atoms with van der Waals surface area (Å²) >= 11 is 0. The van der Waals surface area contributed by atoms with Gasteiger partial charge in [0.2, 0.25) is 0 Å². The molecule has 1 atom stereocenters. The number of hydrogen-bond acceptors (Lipinski definition) is 4. The fourth-order valence-corrected chi connectivity index (χ4v) is 2.34. The van der Waals surface area contributed by atoms with Crippen LogP contribution in [0.1, 0.15) is 6.42 Å². The molecule has 2 fully saturated rings. The first-order valence-corrected chi connectivity index (χ1v) is 5.40. The van der Waals surface area contributed by atoms with Gasteiger partial charge in [-0.3, -0.25) is 9.69 Å². The summed E-state index contributed by atoms with van der Waals surface area (Å²) in [5, 5.41) is 9.35. The van der Waals surface area contributed by atoms with Crippen LogP contribution in [0.15, 0.2) is 0 Å². The monoisotopic (exact) mass is 286 g/mol. The zero-order valence-corrected chi connectivity index (χ0v) is 11.6. The number of halogens is 2. The van der Waals surface area contributed by atoms with Crippen molar-refractivity contribution in [1.82, 2.24) is 9.80 Å². The van der Waals surface area contributed by atoms with Crippen LogP contribution in [0.4, 0.5) is 0 Å². The quantitative estimate of drug-likeness (QED) is 0.793. The molecule has 0 radical (unpaired) electrons. The lowest BCUT2D eigenvalue weighted by molar-refractivity contribution is -0.153. The maximum Gasteiger partial charge on any atom is 0.326 e. The lowest BCUT2D eigenvalue weighted by Gasteiger charge is -2.41. The summed E-state index contributed by atoms with van der Waals surface area (Å²) in [7, 11) is 2.07. The van der Waals surface area contributed by atoms with Crippen molar-refractivity contribution in [2.24, 2.45) is 0 Å². The average molecular weight is 287 g/mol. The van der Waals surface area contributed by atoms with Gasteiger partial charge in [0.25, 0.3) is 0 Å². The zero-order chi connectivity index (χ0) is 10.9. The second-order valence-corrected chi connectivity index (χ2v) is 4.43. The van der Waals surface area contributed by atoms with Crippen molar-refractivity contribution >= 4 is 30.8 Å². The van der Waals surface area contributed by atoms with Gasteiger partial charge in [-0.25, -0.2) is 0 Å². The molecule has 2 heterocycles. The smallest absolute Gasteiger partial charge is 0.326 e. The summed E-state index contributed by atoms with van der Waals surface area (Å²) in [5.41, 5.74) is -0.749.